The Balaban J connectivity index is 4.85. The topological polar surface area (TPSA) is 118 Å². The van der Waals surface area contributed by atoms with Crippen molar-refractivity contribution in [3.05, 3.63) is 0 Å². The van der Waals surface area contributed by atoms with Crippen molar-refractivity contribution in [3.8, 4) is 0 Å². The minimum Gasteiger partial charge on any atom is -0.394 e. The molecule has 0 aromatic heterocycles. The maximum absolute atomic E-state index is 10.4. The molecular weight excluding hydrogens is 192 g/mol. The highest BCUT2D eigenvalue weighted by Crippen LogP contribution is 2.25. The van der Waals surface area contributed by atoms with E-state index in [-0.39, 0.29) is 6.29 Å². The van der Waals surface area contributed by atoms with Crippen molar-refractivity contribution in [1.82, 2.24) is 0 Å². The number of hydrogen-bond acceptors (Lipinski definition) is 6. The molecule has 0 aromatic carbocycles. The molecule has 0 aliphatic rings. The fourth-order valence-electron chi connectivity index (χ4n) is 0.893. The second-order valence-corrected chi connectivity index (χ2v) is 3.61. The molecule has 0 spiro atoms. The zero-order chi connectivity index (χ0) is 11.6. The van der Waals surface area contributed by atoms with E-state index in [0.717, 1.165) is 13.8 Å². The van der Waals surface area contributed by atoms with Crippen LogP contribution in [0.15, 0.2) is 0 Å². The monoisotopic (exact) mass is 208 g/mol. The van der Waals surface area contributed by atoms with Gasteiger partial charge in [-0.15, -0.1) is 0 Å². The van der Waals surface area contributed by atoms with Gasteiger partial charge in [-0.25, -0.2) is 0 Å². The van der Waals surface area contributed by atoms with Crippen molar-refractivity contribution in [2.24, 2.45) is 0 Å². The largest absolute Gasteiger partial charge is 0.394 e. The van der Waals surface area contributed by atoms with Crippen LogP contribution in [0.5, 0.6) is 0 Å². The van der Waals surface area contributed by atoms with E-state index >= 15 is 0 Å². The molecular formula is C8H16O6. The van der Waals surface area contributed by atoms with Gasteiger partial charge < -0.3 is 30.3 Å². The Morgan fingerprint density at radius 2 is 1.71 bits per heavy atom. The van der Waals surface area contributed by atoms with E-state index in [1.165, 1.54) is 0 Å². The summed E-state index contributed by atoms with van der Waals surface area (Å²) in [5.41, 5.74) is -4.44. The first-order chi connectivity index (χ1) is 6.20. The number of carbonyl (C=O) groups is 1. The van der Waals surface area contributed by atoms with Crippen LogP contribution in [-0.2, 0) is 4.79 Å². The quantitative estimate of drug-likeness (QED) is 0.316. The highest BCUT2D eigenvalue weighted by molar-refractivity contribution is 5.64. The number of rotatable bonds is 5. The number of aliphatic hydroxyl groups is 5. The van der Waals surface area contributed by atoms with Crippen molar-refractivity contribution in [2.45, 2.75) is 37.3 Å². The van der Waals surface area contributed by atoms with Crippen LogP contribution in [0.4, 0.5) is 0 Å². The fraction of sp³-hybridized carbons (Fsp3) is 0.875. The molecule has 0 rings (SSSR count). The van der Waals surface area contributed by atoms with Crippen LogP contribution in [0.3, 0.4) is 0 Å². The van der Waals surface area contributed by atoms with E-state index in [1.54, 1.807) is 0 Å². The number of aliphatic hydroxyl groups excluding tert-OH is 3. The third-order valence-electron chi connectivity index (χ3n) is 2.38. The first kappa shape index (κ1) is 13.5. The number of aldehydes is 1. The summed E-state index contributed by atoms with van der Waals surface area (Å²) in [7, 11) is 0. The molecule has 0 saturated carbocycles. The van der Waals surface area contributed by atoms with Crippen molar-refractivity contribution in [1.29, 1.82) is 0 Å². The zero-order valence-electron chi connectivity index (χ0n) is 8.08. The van der Waals surface area contributed by atoms with Crippen LogP contribution in [0, 0.1) is 0 Å². The van der Waals surface area contributed by atoms with Gasteiger partial charge in [-0.3, -0.25) is 0 Å². The van der Waals surface area contributed by atoms with E-state index in [9.17, 15) is 20.1 Å². The highest BCUT2D eigenvalue weighted by Gasteiger charge is 2.49. The van der Waals surface area contributed by atoms with Crippen molar-refractivity contribution >= 4 is 6.29 Å². The van der Waals surface area contributed by atoms with Crippen LogP contribution in [-0.4, -0.2) is 61.8 Å². The predicted molar refractivity (Wildman–Crippen MR) is 46.4 cm³/mol. The summed E-state index contributed by atoms with van der Waals surface area (Å²) < 4.78 is 0. The summed E-state index contributed by atoms with van der Waals surface area (Å²) in [5.74, 6) is 0. The normalized spacial score (nSPS) is 24.5. The van der Waals surface area contributed by atoms with Gasteiger partial charge in [0.1, 0.15) is 23.4 Å². The van der Waals surface area contributed by atoms with Gasteiger partial charge >= 0.3 is 0 Å². The Kier molecular flexibility index (Phi) is 4.16. The summed E-state index contributed by atoms with van der Waals surface area (Å²) in [4.78, 5) is 10.4. The zero-order valence-corrected chi connectivity index (χ0v) is 8.08. The van der Waals surface area contributed by atoms with Crippen molar-refractivity contribution in [2.75, 3.05) is 6.61 Å². The predicted octanol–water partition coefficient (Wildman–Crippen LogP) is -2.60. The summed E-state index contributed by atoms with van der Waals surface area (Å²) in [6.07, 6.45) is -3.40. The molecule has 5 N–H and O–H groups in total. The van der Waals surface area contributed by atoms with Gasteiger partial charge in [-0.05, 0) is 13.8 Å². The van der Waals surface area contributed by atoms with Gasteiger partial charge in [-0.1, -0.05) is 0 Å². The molecule has 0 aliphatic heterocycles. The molecule has 0 radical (unpaired) electrons. The Hall–Kier alpha value is -0.530. The van der Waals surface area contributed by atoms with E-state index in [1.807, 2.05) is 0 Å². The second-order valence-electron chi connectivity index (χ2n) is 3.61. The molecule has 0 bridgehead atoms. The molecule has 6 heteroatoms. The Morgan fingerprint density at radius 3 is 2.00 bits per heavy atom. The van der Waals surface area contributed by atoms with Gasteiger partial charge in [0.25, 0.3) is 0 Å². The summed E-state index contributed by atoms with van der Waals surface area (Å²) >= 11 is 0. The molecule has 4 unspecified atom stereocenters. The van der Waals surface area contributed by atoms with Gasteiger partial charge in [0, 0.05) is 0 Å². The maximum atomic E-state index is 10.4. The van der Waals surface area contributed by atoms with Crippen LogP contribution >= 0.6 is 0 Å². The van der Waals surface area contributed by atoms with Crippen LogP contribution in [0.25, 0.3) is 0 Å². The Morgan fingerprint density at radius 1 is 1.29 bits per heavy atom. The molecule has 0 amide bonds. The molecule has 0 fully saturated rings. The van der Waals surface area contributed by atoms with Crippen LogP contribution < -0.4 is 0 Å². The van der Waals surface area contributed by atoms with Crippen LogP contribution in [0.1, 0.15) is 13.8 Å². The average molecular weight is 208 g/mol. The lowest BCUT2D eigenvalue weighted by Gasteiger charge is -2.39. The first-order valence-corrected chi connectivity index (χ1v) is 4.08. The number of carbonyl (C=O) groups excluding carboxylic acids is 1. The van der Waals surface area contributed by atoms with Gasteiger partial charge in [-0.2, -0.15) is 0 Å². The number of hydrogen-bond donors (Lipinski definition) is 5. The minimum absolute atomic E-state index is 0.0559. The smallest absolute Gasteiger partial charge is 0.154 e. The first-order valence-electron chi connectivity index (χ1n) is 4.08. The molecule has 0 saturated heterocycles. The lowest BCUT2D eigenvalue weighted by molar-refractivity contribution is -0.204. The summed E-state index contributed by atoms with van der Waals surface area (Å²) in [5, 5.41) is 45.9. The summed E-state index contributed by atoms with van der Waals surface area (Å²) in [6, 6.07) is 0. The molecule has 0 aliphatic carbocycles. The molecule has 14 heavy (non-hydrogen) atoms. The molecule has 6 nitrogen and oxygen atoms in total. The summed E-state index contributed by atoms with van der Waals surface area (Å²) in [6.45, 7) is 1.20. The van der Waals surface area contributed by atoms with E-state index in [4.69, 9.17) is 10.2 Å². The van der Waals surface area contributed by atoms with E-state index in [0.29, 0.717) is 0 Å². The van der Waals surface area contributed by atoms with Crippen molar-refractivity contribution < 1.29 is 30.3 Å². The molecule has 0 heterocycles. The van der Waals surface area contributed by atoms with Crippen LogP contribution in [0.2, 0.25) is 0 Å². The SMILES string of the molecule is CC(O)(C=O)C(C)(O)C(O)C(O)CO. The molecule has 0 aromatic rings. The maximum Gasteiger partial charge on any atom is 0.154 e. The van der Waals surface area contributed by atoms with Gasteiger partial charge in [0.15, 0.2) is 6.29 Å². The van der Waals surface area contributed by atoms with E-state index in [2.05, 4.69) is 0 Å². The third kappa shape index (κ3) is 2.28. The Bertz CT molecular complexity index is 200. The Labute approximate surface area is 81.4 Å². The highest BCUT2D eigenvalue weighted by atomic mass is 16.4. The molecule has 4 atom stereocenters. The lowest BCUT2D eigenvalue weighted by Crippen LogP contribution is -2.62. The second kappa shape index (κ2) is 4.33. The standard InChI is InChI=1S/C8H16O6/c1-7(13,4-10)8(2,14)6(12)5(11)3-9/h4-6,9,11-14H,3H2,1-2H3. The van der Waals surface area contributed by atoms with Crippen molar-refractivity contribution in [3.63, 3.8) is 0 Å². The van der Waals surface area contributed by atoms with Gasteiger partial charge in [0.05, 0.1) is 6.61 Å². The third-order valence-corrected chi connectivity index (χ3v) is 2.38. The lowest BCUT2D eigenvalue weighted by atomic mass is 9.80. The van der Waals surface area contributed by atoms with E-state index < -0.39 is 30.0 Å². The van der Waals surface area contributed by atoms with Gasteiger partial charge in [0.2, 0.25) is 0 Å². The average Bonchev–Trinajstić information content (AvgIpc) is 2.14. The molecule has 84 valence electrons. The fourth-order valence-corrected chi connectivity index (χ4v) is 0.893. The minimum atomic E-state index is -2.24.